The van der Waals surface area contributed by atoms with Crippen molar-refractivity contribution in [2.75, 3.05) is 26.2 Å². The maximum Gasteiger partial charge on any atom is 0.0558 e. The van der Waals surface area contributed by atoms with Crippen LogP contribution in [0.5, 0.6) is 0 Å². The molecule has 17 heavy (non-hydrogen) atoms. The first-order valence-corrected chi connectivity index (χ1v) is 5.07. The van der Waals surface area contributed by atoms with E-state index in [1.165, 1.54) is 5.70 Å². The van der Waals surface area contributed by atoms with Crippen LogP contribution in [0, 0.1) is 0 Å². The van der Waals surface area contributed by atoms with Crippen LogP contribution >= 0.6 is 37.2 Å². The van der Waals surface area contributed by atoms with E-state index in [0.717, 1.165) is 26.1 Å². The molecule has 1 atom stereocenters. The Labute approximate surface area is 121 Å². The van der Waals surface area contributed by atoms with E-state index in [1.54, 1.807) is 0 Å². The van der Waals surface area contributed by atoms with Crippen molar-refractivity contribution >= 4 is 37.2 Å². The first-order valence-electron chi connectivity index (χ1n) is 5.07. The molecule has 0 amide bonds. The maximum absolute atomic E-state index is 8.95. The van der Waals surface area contributed by atoms with E-state index < -0.39 is 0 Å². The summed E-state index contributed by atoms with van der Waals surface area (Å²) in [5.74, 6) is 5.89. The molecule has 2 rings (SSSR count). The van der Waals surface area contributed by atoms with Crippen molar-refractivity contribution in [3.8, 4) is 0 Å². The molecule has 0 radical (unpaired) electrons. The van der Waals surface area contributed by atoms with Crippen LogP contribution in [0.15, 0.2) is 23.9 Å². The van der Waals surface area contributed by atoms with Crippen LogP contribution in [-0.2, 0) is 0 Å². The van der Waals surface area contributed by atoms with Crippen LogP contribution < -0.4 is 5.84 Å². The van der Waals surface area contributed by atoms with Gasteiger partial charge < -0.3 is 10.1 Å². The van der Waals surface area contributed by atoms with Crippen molar-refractivity contribution in [3.05, 3.63) is 23.9 Å². The number of piperazine rings is 1. The van der Waals surface area contributed by atoms with Crippen molar-refractivity contribution in [1.82, 2.24) is 9.91 Å². The molecule has 1 aliphatic heterocycles. The van der Waals surface area contributed by atoms with Crippen molar-refractivity contribution in [1.29, 1.82) is 0 Å². The number of allylic oxidation sites excluding steroid dienone is 2. The molecule has 0 bridgehead atoms. The highest BCUT2D eigenvalue weighted by Gasteiger charge is 2.29. The molecule has 102 valence electrons. The van der Waals surface area contributed by atoms with Gasteiger partial charge in [-0.2, -0.15) is 0 Å². The van der Waals surface area contributed by atoms with Gasteiger partial charge >= 0.3 is 0 Å². The standard InChI is InChI=1S/C10H17N3O.3ClH/c11-13-6-5-12(7-8-14)9-3-1-2-4-10(9)13;;;/h1-2,4,9,14H,3,5-8,11H2;3*1H. The molecule has 0 aromatic heterocycles. The molecule has 3 N–H and O–H groups in total. The quantitative estimate of drug-likeness (QED) is 0.746. The van der Waals surface area contributed by atoms with E-state index in [-0.39, 0.29) is 43.8 Å². The van der Waals surface area contributed by atoms with Crippen LogP contribution in [-0.4, -0.2) is 47.3 Å². The van der Waals surface area contributed by atoms with Crippen LogP contribution in [0.1, 0.15) is 6.42 Å². The third-order valence-electron chi connectivity index (χ3n) is 2.89. The van der Waals surface area contributed by atoms with Gasteiger partial charge in [0.15, 0.2) is 0 Å². The fraction of sp³-hybridized carbons (Fsp3) is 0.600. The lowest BCUT2D eigenvalue weighted by molar-refractivity contribution is 0.0978. The van der Waals surface area contributed by atoms with E-state index in [1.807, 2.05) is 11.1 Å². The zero-order chi connectivity index (χ0) is 9.97. The summed E-state index contributed by atoms with van der Waals surface area (Å²) in [4.78, 5) is 2.29. The number of nitrogens with two attached hydrogens (primary N) is 1. The number of aliphatic hydroxyl groups excluding tert-OH is 1. The maximum atomic E-state index is 8.95. The summed E-state index contributed by atoms with van der Waals surface area (Å²) in [5.41, 5.74) is 1.17. The van der Waals surface area contributed by atoms with Gasteiger partial charge in [-0.15, -0.1) is 37.2 Å². The molecule has 2 aliphatic rings. The van der Waals surface area contributed by atoms with Crippen molar-refractivity contribution in [3.63, 3.8) is 0 Å². The zero-order valence-corrected chi connectivity index (χ0v) is 11.9. The zero-order valence-electron chi connectivity index (χ0n) is 9.49. The van der Waals surface area contributed by atoms with Crippen LogP contribution in [0.3, 0.4) is 0 Å². The highest BCUT2D eigenvalue weighted by Crippen LogP contribution is 2.24. The summed E-state index contributed by atoms with van der Waals surface area (Å²) in [7, 11) is 0. The van der Waals surface area contributed by atoms with Gasteiger partial charge in [0.25, 0.3) is 0 Å². The molecule has 0 aromatic carbocycles. The highest BCUT2D eigenvalue weighted by atomic mass is 35.5. The van der Waals surface area contributed by atoms with Gasteiger partial charge in [0.05, 0.1) is 12.6 Å². The molecule has 4 nitrogen and oxygen atoms in total. The number of aliphatic hydroxyl groups is 1. The van der Waals surface area contributed by atoms with E-state index in [2.05, 4.69) is 17.1 Å². The number of halogens is 3. The fourth-order valence-electron chi connectivity index (χ4n) is 2.15. The molecule has 1 saturated heterocycles. The van der Waals surface area contributed by atoms with Crippen molar-refractivity contribution < 1.29 is 5.11 Å². The SMILES string of the molecule is Cl.Cl.Cl.NN1CCN(CCO)C2CC=CC=C21. The van der Waals surface area contributed by atoms with Gasteiger partial charge in [0.1, 0.15) is 0 Å². The third-order valence-corrected chi connectivity index (χ3v) is 2.89. The first-order chi connectivity index (χ1) is 6.83. The molecule has 1 aliphatic carbocycles. The molecule has 1 unspecified atom stereocenters. The van der Waals surface area contributed by atoms with Gasteiger partial charge in [-0.1, -0.05) is 12.2 Å². The van der Waals surface area contributed by atoms with E-state index in [4.69, 9.17) is 10.9 Å². The molecule has 7 heteroatoms. The summed E-state index contributed by atoms with van der Waals surface area (Å²) in [5, 5.41) is 10.8. The van der Waals surface area contributed by atoms with E-state index in [9.17, 15) is 0 Å². The average Bonchev–Trinajstić information content (AvgIpc) is 2.23. The lowest BCUT2D eigenvalue weighted by Crippen LogP contribution is -2.54. The number of nitrogens with zero attached hydrogens (tertiary/aromatic N) is 2. The van der Waals surface area contributed by atoms with Crippen LogP contribution in [0.25, 0.3) is 0 Å². The predicted molar refractivity (Wildman–Crippen MR) is 76.9 cm³/mol. The summed E-state index contributed by atoms with van der Waals surface area (Å²) in [6.45, 7) is 2.74. The Hall–Kier alpha value is 0.0300. The average molecular weight is 305 g/mol. The lowest BCUT2D eigenvalue weighted by atomic mass is 10.0. The molecular weight excluding hydrogens is 284 g/mol. The fourth-order valence-corrected chi connectivity index (χ4v) is 2.15. The monoisotopic (exact) mass is 303 g/mol. The number of hydrogen-bond donors (Lipinski definition) is 2. The first kappa shape index (κ1) is 19.4. The predicted octanol–water partition coefficient (Wildman–Crippen LogP) is 0.948. The molecule has 1 fully saturated rings. The number of hydrogen-bond acceptors (Lipinski definition) is 4. The van der Waals surface area contributed by atoms with Gasteiger partial charge in [-0.05, 0) is 12.5 Å². The van der Waals surface area contributed by atoms with E-state index in [0.29, 0.717) is 6.04 Å². The van der Waals surface area contributed by atoms with Gasteiger partial charge in [0.2, 0.25) is 0 Å². The largest absolute Gasteiger partial charge is 0.395 e. The van der Waals surface area contributed by atoms with Gasteiger partial charge in [-0.25, -0.2) is 5.84 Å². The van der Waals surface area contributed by atoms with Crippen molar-refractivity contribution in [2.24, 2.45) is 5.84 Å². The molecule has 0 aromatic rings. The Morgan fingerprint density at radius 2 is 2.00 bits per heavy atom. The van der Waals surface area contributed by atoms with Crippen molar-refractivity contribution in [2.45, 2.75) is 12.5 Å². The minimum Gasteiger partial charge on any atom is -0.395 e. The van der Waals surface area contributed by atoms with Gasteiger partial charge in [0, 0.05) is 25.3 Å². The molecule has 1 heterocycles. The Morgan fingerprint density at radius 1 is 1.29 bits per heavy atom. The Morgan fingerprint density at radius 3 is 2.65 bits per heavy atom. The second kappa shape index (κ2) is 9.03. The Kier molecular flexibility index (Phi) is 10.3. The lowest BCUT2D eigenvalue weighted by Gasteiger charge is -2.42. The second-order valence-corrected chi connectivity index (χ2v) is 3.72. The van der Waals surface area contributed by atoms with Crippen LogP contribution in [0.4, 0.5) is 0 Å². The van der Waals surface area contributed by atoms with E-state index >= 15 is 0 Å². The summed E-state index contributed by atoms with van der Waals surface area (Å²) in [6, 6.07) is 0.367. The Bertz CT molecular complexity index is 274. The molecule has 0 saturated carbocycles. The highest BCUT2D eigenvalue weighted by molar-refractivity contribution is 5.86. The Balaban J connectivity index is 0. The number of β-amino-alcohol motifs (C(OH)–C–C–N with tert-alkyl or cyclic N) is 1. The normalized spacial score (nSPS) is 22.6. The minimum absolute atomic E-state index is 0. The summed E-state index contributed by atoms with van der Waals surface area (Å²) < 4.78 is 0. The molecule has 0 spiro atoms. The third kappa shape index (κ3) is 4.32. The smallest absolute Gasteiger partial charge is 0.0558 e. The van der Waals surface area contributed by atoms with Crippen LogP contribution in [0.2, 0.25) is 0 Å². The van der Waals surface area contributed by atoms with Gasteiger partial charge in [-0.3, -0.25) is 4.90 Å². The minimum atomic E-state index is 0. The summed E-state index contributed by atoms with van der Waals surface area (Å²) >= 11 is 0. The number of hydrazine groups is 1. The molecular formula is C10H20Cl3N3O. The topological polar surface area (TPSA) is 52.7 Å². The second-order valence-electron chi connectivity index (χ2n) is 3.72. The number of rotatable bonds is 2. The summed E-state index contributed by atoms with van der Waals surface area (Å²) in [6.07, 6.45) is 7.27. The number of fused-ring (bicyclic) bond motifs is 1.